The Hall–Kier alpha value is -4.40. The highest BCUT2D eigenvalue weighted by Crippen LogP contribution is 2.38. The zero-order chi connectivity index (χ0) is 23.1. The van der Waals surface area contributed by atoms with E-state index in [0.29, 0.717) is 34.6 Å². The molecule has 0 bridgehead atoms. The van der Waals surface area contributed by atoms with Crippen LogP contribution < -0.4 is 20.5 Å². The average molecular weight is 444 g/mol. The van der Waals surface area contributed by atoms with Crippen molar-refractivity contribution in [1.82, 2.24) is 9.66 Å². The monoisotopic (exact) mass is 444 g/mol. The van der Waals surface area contributed by atoms with Crippen LogP contribution in [-0.4, -0.2) is 28.8 Å². The second-order valence-corrected chi connectivity index (χ2v) is 7.68. The Balaban J connectivity index is 1.75. The molecule has 0 aliphatic carbocycles. The Bertz CT molecular complexity index is 1450. The van der Waals surface area contributed by atoms with Gasteiger partial charge in [-0.2, -0.15) is 0 Å². The van der Waals surface area contributed by atoms with Crippen LogP contribution in [-0.2, 0) is 6.42 Å². The number of nitrogens with zero attached hydrogens (tertiary/aromatic N) is 3. The van der Waals surface area contributed by atoms with E-state index >= 15 is 0 Å². The molecule has 1 atom stereocenters. The number of fused-ring (bicyclic) bond motifs is 3. The molecule has 1 aliphatic rings. The van der Waals surface area contributed by atoms with Gasteiger partial charge in [0.15, 0.2) is 11.5 Å². The number of hydrogen-bond acceptors (Lipinski definition) is 7. The van der Waals surface area contributed by atoms with Crippen molar-refractivity contribution in [1.29, 1.82) is 0 Å². The van der Waals surface area contributed by atoms with E-state index in [4.69, 9.17) is 14.5 Å². The molecular formula is C24H20N4O5. The van der Waals surface area contributed by atoms with Gasteiger partial charge in [-0.15, -0.1) is 0 Å². The molecule has 0 spiro atoms. The van der Waals surface area contributed by atoms with Gasteiger partial charge in [-0.3, -0.25) is 14.9 Å². The third-order valence-electron chi connectivity index (χ3n) is 5.85. The molecule has 0 saturated heterocycles. The molecule has 1 aromatic heterocycles. The summed E-state index contributed by atoms with van der Waals surface area (Å²) < 4.78 is 12.5. The van der Waals surface area contributed by atoms with Gasteiger partial charge < -0.3 is 14.9 Å². The van der Waals surface area contributed by atoms with Crippen molar-refractivity contribution in [3.8, 4) is 11.5 Å². The minimum atomic E-state index is -0.484. The summed E-state index contributed by atoms with van der Waals surface area (Å²) in [5, 5.41) is 11.6. The largest absolute Gasteiger partial charge is 0.493 e. The highest BCUT2D eigenvalue weighted by Gasteiger charge is 2.27. The van der Waals surface area contributed by atoms with Crippen LogP contribution >= 0.6 is 0 Å². The van der Waals surface area contributed by atoms with Gasteiger partial charge in [0.1, 0.15) is 5.82 Å². The molecule has 0 amide bonds. The van der Waals surface area contributed by atoms with E-state index in [-0.39, 0.29) is 11.2 Å². The minimum absolute atomic E-state index is 0.00913. The predicted molar refractivity (Wildman–Crippen MR) is 123 cm³/mol. The number of rotatable bonds is 4. The molecule has 0 saturated carbocycles. The molecule has 1 aliphatic heterocycles. The fourth-order valence-corrected chi connectivity index (χ4v) is 4.20. The van der Waals surface area contributed by atoms with Crippen LogP contribution in [0.3, 0.4) is 0 Å². The standard InChI is InChI=1S/C24H20N4O5/c1-32-20-11-15-12-22-25-19-6-4-3-5-17(19)24(29)27(22)26-23(18(15)13-21(20)33-2)14-7-9-16(10-8-14)28(30)31/h3-11,13,23,26H,12H2,1-2H3/t23-/m1/s1. The Morgan fingerprint density at radius 3 is 2.45 bits per heavy atom. The highest BCUT2D eigenvalue weighted by atomic mass is 16.6. The third-order valence-corrected chi connectivity index (χ3v) is 5.85. The highest BCUT2D eigenvalue weighted by molar-refractivity contribution is 5.77. The molecule has 166 valence electrons. The predicted octanol–water partition coefficient (Wildman–Crippen LogP) is 3.56. The van der Waals surface area contributed by atoms with Gasteiger partial charge in [0.25, 0.3) is 11.2 Å². The number of nitro benzene ring substituents is 1. The number of nitro groups is 1. The summed E-state index contributed by atoms with van der Waals surface area (Å²) in [4.78, 5) is 28.8. The quantitative estimate of drug-likeness (QED) is 0.379. The van der Waals surface area contributed by atoms with Gasteiger partial charge in [0.05, 0.1) is 36.1 Å². The number of non-ortho nitro benzene ring substituents is 1. The van der Waals surface area contributed by atoms with E-state index < -0.39 is 11.0 Å². The summed E-state index contributed by atoms with van der Waals surface area (Å²) >= 11 is 0. The van der Waals surface area contributed by atoms with Crippen LogP contribution in [0.25, 0.3) is 10.9 Å². The van der Waals surface area contributed by atoms with Crippen LogP contribution in [0, 0.1) is 10.1 Å². The molecule has 3 aromatic carbocycles. The number of para-hydroxylation sites is 1. The summed E-state index contributed by atoms with van der Waals surface area (Å²) in [7, 11) is 3.12. The van der Waals surface area contributed by atoms with E-state index in [9.17, 15) is 14.9 Å². The van der Waals surface area contributed by atoms with Crippen molar-refractivity contribution in [3.63, 3.8) is 0 Å². The lowest BCUT2D eigenvalue weighted by atomic mass is 9.93. The van der Waals surface area contributed by atoms with Crippen molar-refractivity contribution in [3.05, 3.63) is 104 Å². The first-order valence-corrected chi connectivity index (χ1v) is 10.3. The van der Waals surface area contributed by atoms with Crippen molar-refractivity contribution in [2.45, 2.75) is 12.5 Å². The lowest BCUT2D eigenvalue weighted by Crippen LogP contribution is -2.34. The molecule has 9 heteroatoms. The minimum Gasteiger partial charge on any atom is -0.493 e. The maximum atomic E-state index is 13.4. The van der Waals surface area contributed by atoms with Crippen molar-refractivity contribution >= 4 is 16.6 Å². The fourth-order valence-electron chi connectivity index (χ4n) is 4.20. The Labute approximate surface area is 188 Å². The van der Waals surface area contributed by atoms with Crippen molar-refractivity contribution in [2.24, 2.45) is 0 Å². The molecular weight excluding hydrogens is 424 g/mol. The average Bonchev–Trinajstić information content (AvgIpc) is 2.99. The lowest BCUT2D eigenvalue weighted by molar-refractivity contribution is -0.384. The van der Waals surface area contributed by atoms with Crippen molar-refractivity contribution in [2.75, 3.05) is 19.6 Å². The zero-order valence-corrected chi connectivity index (χ0v) is 17.9. The topological polar surface area (TPSA) is 109 Å². The van der Waals surface area contributed by atoms with E-state index in [2.05, 4.69) is 5.43 Å². The second-order valence-electron chi connectivity index (χ2n) is 7.68. The lowest BCUT2D eigenvalue weighted by Gasteiger charge is -2.23. The molecule has 33 heavy (non-hydrogen) atoms. The fraction of sp³-hybridized carbons (Fsp3) is 0.167. The summed E-state index contributed by atoms with van der Waals surface area (Å²) in [5.74, 6) is 1.66. The maximum Gasteiger partial charge on any atom is 0.279 e. The smallest absolute Gasteiger partial charge is 0.279 e. The van der Waals surface area contributed by atoms with Gasteiger partial charge in [-0.05, 0) is 53.1 Å². The Kier molecular flexibility index (Phi) is 4.93. The number of benzene rings is 3. The third kappa shape index (κ3) is 3.43. The molecule has 0 radical (unpaired) electrons. The van der Waals surface area contributed by atoms with E-state index in [1.54, 1.807) is 38.5 Å². The first-order chi connectivity index (χ1) is 16.0. The number of hydrogen-bond donors (Lipinski definition) is 1. The summed E-state index contributed by atoms with van der Waals surface area (Å²) in [5.41, 5.74) is 6.21. The maximum absolute atomic E-state index is 13.4. The van der Waals surface area contributed by atoms with Crippen LogP contribution in [0.1, 0.15) is 28.6 Å². The molecule has 0 unspecified atom stereocenters. The number of methoxy groups -OCH3 is 2. The molecule has 4 aromatic rings. The van der Waals surface area contributed by atoms with Crippen LogP contribution in [0.5, 0.6) is 11.5 Å². The van der Waals surface area contributed by atoms with Crippen molar-refractivity contribution < 1.29 is 14.4 Å². The molecule has 1 N–H and O–H groups in total. The summed E-state index contributed by atoms with van der Waals surface area (Å²) in [6, 6.07) is 16.7. The van der Waals surface area contributed by atoms with Gasteiger partial charge in [-0.1, -0.05) is 12.1 Å². The van der Waals surface area contributed by atoms with Gasteiger partial charge >= 0.3 is 0 Å². The summed E-state index contributed by atoms with van der Waals surface area (Å²) in [6.45, 7) is 0. The second kappa shape index (κ2) is 7.94. The molecule has 9 nitrogen and oxygen atoms in total. The Morgan fingerprint density at radius 1 is 1.06 bits per heavy atom. The first kappa shape index (κ1) is 20.5. The van der Waals surface area contributed by atoms with Crippen LogP contribution in [0.15, 0.2) is 65.5 Å². The first-order valence-electron chi connectivity index (χ1n) is 10.3. The molecule has 5 rings (SSSR count). The number of ether oxygens (including phenoxy) is 2. The van der Waals surface area contributed by atoms with E-state index in [1.807, 2.05) is 24.3 Å². The SMILES string of the molecule is COc1cc2c(cc1OC)[C@@H](c1ccc([N+](=O)[O-])cc1)Nn1c(nc3ccccc3c1=O)C2. The number of nitrogens with one attached hydrogen (secondary N) is 1. The normalized spacial score (nSPS) is 14.5. The van der Waals surface area contributed by atoms with Crippen LogP contribution in [0.4, 0.5) is 5.69 Å². The van der Waals surface area contributed by atoms with E-state index in [1.165, 1.54) is 16.8 Å². The van der Waals surface area contributed by atoms with E-state index in [0.717, 1.165) is 16.7 Å². The van der Waals surface area contributed by atoms with Gasteiger partial charge in [-0.25, -0.2) is 9.66 Å². The molecule has 2 heterocycles. The van der Waals surface area contributed by atoms with Gasteiger partial charge in [0, 0.05) is 18.6 Å². The summed E-state index contributed by atoms with van der Waals surface area (Å²) in [6.07, 6.45) is 0.381. The van der Waals surface area contributed by atoms with Gasteiger partial charge in [0.2, 0.25) is 0 Å². The van der Waals surface area contributed by atoms with Crippen LogP contribution in [0.2, 0.25) is 0 Å². The molecule has 0 fully saturated rings. The zero-order valence-electron chi connectivity index (χ0n) is 17.9. The number of aromatic nitrogens is 2. The Morgan fingerprint density at radius 2 is 1.76 bits per heavy atom.